The van der Waals surface area contributed by atoms with Gasteiger partial charge in [-0.05, 0) is 61.4 Å². The molecule has 5 nitrogen and oxygen atoms in total. The minimum Gasteiger partial charge on any atom is -0.372 e. The number of amides is 1. The summed E-state index contributed by atoms with van der Waals surface area (Å²) in [7, 11) is 0. The summed E-state index contributed by atoms with van der Waals surface area (Å²) in [4.78, 5) is 18.7. The Labute approximate surface area is 167 Å². The fourth-order valence-electron chi connectivity index (χ4n) is 3.32. The van der Waals surface area contributed by atoms with Crippen LogP contribution < -0.4 is 15.5 Å². The second kappa shape index (κ2) is 8.26. The van der Waals surface area contributed by atoms with Crippen molar-refractivity contribution in [1.29, 1.82) is 0 Å². The molecule has 2 N–H and O–H groups in total. The molecule has 0 aliphatic carbocycles. The lowest BCUT2D eigenvalue weighted by molar-refractivity contribution is 0.102. The number of rotatable bonds is 5. The third-order valence-electron chi connectivity index (χ3n) is 4.82. The van der Waals surface area contributed by atoms with E-state index in [1.165, 1.54) is 36.9 Å². The van der Waals surface area contributed by atoms with Crippen LogP contribution in [0.4, 0.5) is 31.5 Å². The molecule has 2 aromatic carbocycles. The summed E-state index contributed by atoms with van der Waals surface area (Å²) in [6.07, 6.45) is 3.91. The zero-order valence-electron chi connectivity index (χ0n) is 15.7. The first-order valence-corrected chi connectivity index (χ1v) is 9.43. The van der Waals surface area contributed by atoms with E-state index in [0.29, 0.717) is 5.69 Å². The van der Waals surface area contributed by atoms with E-state index >= 15 is 0 Å². The average Bonchev–Trinajstić information content (AvgIpc) is 3.26. The van der Waals surface area contributed by atoms with E-state index in [1.807, 2.05) is 12.1 Å². The standard InChI is InChI=1S/C22H20F2N4O/c23-18-4-3-5-19(24)21(18)27-22(29)20-14-16(10-11-25-20)26-15-6-8-17(9-7-15)28-12-1-2-13-28/h3-11,14H,1-2,12-13H2,(H,25,26)(H,27,29). The highest BCUT2D eigenvalue weighted by molar-refractivity contribution is 6.03. The van der Waals surface area contributed by atoms with Crippen molar-refractivity contribution in [3.05, 3.63) is 78.1 Å². The van der Waals surface area contributed by atoms with Gasteiger partial charge in [-0.15, -0.1) is 0 Å². The van der Waals surface area contributed by atoms with Crippen molar-refractivity contribution in [3.8, 4) is 0 Å². The fourth-order valence-corrected chi connectivity index (χ4v) is 3.32. The number of hydrogen-bond acceptors (Lipinski definition) is 4. The summed E-state index contributed by atoms with van der Waals surface area (Å²) in [6.45, 7) is 2.16. The van der Waals surface area contributed by atoms with Crippen LogP contribution in [0, 0.1) is 11.6 Å². The predicted octanol–water partition coefficient (Wildman–Crippen LogP) is 4.96. The summed E-state index contributed by atoms with van der Waals surface area (Å²) < 4.78 is 27.5. The SMILES string of the molecule is O=C(Nc1c(F)cccc1F)c1cc(Nc2ccc(N3CCCC3)cc2)ccn1. The van der Waals surface area contributed by atoms with E-state index in [-0.39, 0.29) is 5.69 Å². The molecule has 1 aliphatic heterocycles. The molecule has 148 valence electrons. The molecule has 4 rings (SSSR count). The molecule has 29 heavy (non-hydrogen) atoms. The van der Waals surface area contributed by atoms with Crippen LogP contribution >= 0.6 is 0 Å². The van der Waals surface area contributed by atoms with Gasteiger partial charge in [0.05, 0.1) is 0 Å². The van der Waals surface area contributed by atoms with Gasteiger partial charge in [0.2, 0.25) is 0 Å². The molecular weight excluding hydrogens is 374 g/mol. The maximum absolute atomic E-state index is 13.7. The lowest BCUT2D eigenvalue weighted by atomic mass is 10.2. The molecular formula is C22H20F2N4O. The Morgan fingerprint density at radius 1 is 0.931 bits per heavy atom. The van der Waals surface area contributed by atoms with Crippen LogP contribution in [-0.4, -0.2) is 24.0 Å². The zero-order valence-corrected chi connectivity index (χ0v) is 15.7. The largest absolute Gasteiger partial charge is 0.372 e. The number of nitrogens with one attached hydrogen (secondary N) is 2. The molecule has 1 amide bonds. The minimum absolute atomic E-state index is 0.0475. The van der Waals surface area contributed by atoms with Gasteiger partial charge < -0.3 is 15.5 Å². The van der Waals surface area contributed by atoms with Crippen LogP contribution in [0.1, 0.15) is 23.3 Å². The highest BCUT2D eigenvalue weighted by Gasteiger charge is 2.15. The minimum atomic E-state index is -0.842. The Morgan fingerprint density at radius 3 is 2.31 bits per heavy atom. The fraction of sp³-hybridized carbons (Fsp3) is 0.182. The Bertz CT molecular complexity index is 997. The first-order chi connectivity index (χ1) is 14.1. The second-order valence-corrected chi connectivity index (χ2v) is 6.85. The van der Waals surface area contributed by atoms with Gasteiger partial charge in [-0.25, -0.2) is 8.78 Å². The Balaban J connectivity index is 1.46. The summed E-state index contributed by atoms with van der Waals surface area (Å²) >= 11 is 0. The lowest BCUT2D eigenvalue weighted by Crippen LogP contribution is -2.17. The first-order valence-electron chi connectivity index (χ1n) is 9.43. The highest BCUT2D eigenvalue weighted by Crippen LogP contribution is 2.24. The zero-order chi connectivity index (χ0) is 20.2. The summed E-state index contributed by atoms with van der Waals surface area (Å²) in [5.74, 6) is -2.38. The predicted molar refractivity (Wildman–Crippen MR) is 110 cm³/mol. The van der Waals surface area contributed by atoms with Crippen LogP contribution in [0.3, 0.4) is 0 Å². The molecule has 0 unspecified atom stereocenters. The molecule has 2 heterocycles. The first kappa shape index (κ1) is 18.9. The second-order valence-electron chi connectivity index (χ2n) is 6.85. The van der Waals surface area contributed by atoms with Crippen LogP contribution in [-0.2, 0) is 0 Å². The van der Waals surface area contributed by atoms with Gasteiger partial charge in [0.15, 0.2) is 0 Å². The maximum Gasteiger partial charge on any atom is 0.274 e. The molecule has 0 saturated carbocycles. The van der Waals surface area contributed by atoms with Gasteiger partial charge in [-0.2, -0.15) is 0 Å². The monoisotopic (exact) mass is 394 g/mol. The number of hydrogen-bond donors (Lipinski definition) is 2. The number of pyridine rings is 1. The molecule has 1 aromatic heterocycles. The van der Waals surface area contributed by atoms with E-state index in [4.69, 9.17) is 0 Å². The van der Waals surface area contributed by atoms with Crippen molar-refractivity contribution in [2.75, 3.05) is 28.6 Å². The molecule has 0 atom stereocenters. The van der Waals surface area contributed by atoms with E-state index in [1.54, 1.807) is 6.07 Å². The smallest absolute Gasteiger partial charge is 0.274 e. The van der Waals surface area contributed by atoms with Crippen molar-refractivity contribution in [2.24, 2.45) is 0 Å². The Morgan fingerprint density at radius 2 is 1.62 bits per heavy atom. The van der Waals surface area contributed by atoms with Gasteiger partial charge in [0.1, 0.15) is 23.0 Å². The van der Waals surface area contributed by atoms with Crippen LogP contribution in [0.2, 0.25) is 0 Å². The average molecular weight is 394 g/mol. The van der Waals surface area contributed by atoms with Crippen LogP contribution in [0.5, 0.6) is 0 Å². The number of aromatic nitrogens is 1. The molecule has 0 spiro atoms. The summed E-state index contributed by atoms with van der Waals surface area (Å²) in [5, 5.41) is 5.46. The van der Waals surface area contributed by atoms with Crippen molar-refractivity contribution in [1.82, 2.24) is 4.98 Å². The van der Waals surface area contributed by atoms with Gasteiger partial charge in [-0.3, -0.25) is 9.78 Å². The summed E-state index contributed by atoms with van der Waals surface area (Å²) in [5.41, 5.74) is 2.26. The van der Waals surface area contributed by atoms with Crippen molar-refractivity contribution < 1.29 is 13.6 Å². The van der Waals surface area contributed by atoms with Crippen LogP contribution in [0.25, 0.3) is 0 Å². The molecule has 1 fully saturated rings. The molecule has 1 aliphatic rings. The third kappa shape index (κ3) is 4.34. The van der Waals surface area contributed by atoms with E-state index in [9.17, 15) is 13.6 Å². The topological polar surface area (TPSA) is 57.3 Å². The van der Waals surface area contributed by atoms with Gasteiger partial charge in [0.25, 0.3) is 5.91 Å². The molecule has 3 aromatic rings. The van der Waals surface area contributed by atoms with Gasteiger partial charge in [-0.1, -0.05) is 6.07 Å². The van der Waals surface area contributed by atoms with Crippen LogP contribution in [0.15, 0.2) is 60.8 Å². The van der Waals surface area contributed by atoms with Gasteiger partial charge in [0, 0.05) is 36.3 Å². The lowest BCUT2D eigenvalue weighted by Gasteiger charge is -2.18. The quantitative estimate of drug-likeness (QED) is 0.643. The van der Waals surface area contributed by atoms with E-state index in [0.717, 1.165) is 30.9 Å². The number of carbonyl (C=O) groups excluding carboxylic acids is 1. The van der Waals surface area contributed by atoms with Crippen molar-refractivity contribution in [3.63, 3.8) is 0 Å². The Hall–Kier alpha value is -3.48. The highest BCUT2D eigenvalue weighted by atomic mass is 19.1. The number of anilines is 4. The molecule has 7 heteroatoms. The maximum atomic E-state index is 13.7. The number of benzene rings is 2. The molecule has 0 bridgehead atoms. The number of halogens is 2. The molecule has 0 radical (unpaired) electrons. The third-order valence-corrected chi connectivity index (χ3v) is 4.82. The number of nitrogens with zero attached hydrogens (tertiary/aromatic N) is 2. The van der Waals surface area contributed by atoms with Gasteiger partial charge >= 0.3 is 0 Å². The number of carbonyl (C=O) groups is 1. The van der Waals surface area contributed by atoms with E-state index < -0.39 is 23.2 Å². The molecule has 1 saturated heterocycles. The van der Waals surface area contributed by atoms with Crippen molar-refractivity contribution >= 4 is 28.7 Å². The number of para-hydroxylation sites is 1. The van der Waals surface area contributed by atoms with E-state index in [2.05, 4.69) is 32.7 Å². The normalized spacial score (nSPS) is 13.4. The Kier molecular flexibility index (Phi) is 5.37. The van der Waals surface area contributed by atoms with Crippen molar-refractivity contribution in [2.45, 2.75) is 12.8 Å². The summed E-state index contributed by atoms with van der Waals surface area (Å²) in [6, 6.07) is 14.7.